The standard InChI is InChI=1S/C15H17N7O2/c1-10-17-11(2)22(18-10)12-7-20(8-12)15(23)14-6-13(24-19-14)9-21-5-3-4-16-21/h3-6,12H,7-9H2,1-2H3. The lowest BCUT2D eigenvalue weighted by Gasteiger charge is -2.38. The van der Waals surface area contributed by atoms with Gasteiger partial charge in [-0.3, -0.25) is 9.48 Å². The number of hydrogen-bond acceptors (Lipinski definition) is 6. The Kier molecular flexibility index (Phi) is 3.40. The Morgan fingerprint density at radius 3 is 2.88 bits per heavy atom. The zero-order chi connectivity index (χ0) is 16.7. The van der Waals surface area contributed by atoms with Crippen molar-refractivity contribution in [1.82, 2.24) is 34.6 Å². The molecule has 3 aromatic rings. The van der Waals surface area contributed by atoms with E-state index in [4.69, 9.17) is 4.52 Å². The lowest BCUT2D eigenvalue weighted by atomic mass is 10.1. The molecule has 0 radical (unpaired) electrons. The molecule has 1 saturated heterocycles. The van der Waals surface area contributed by atoms with Gasteiger partial charge in [-0.25, -0.2) is 9.67 Å². The van der Waals surface area contributed by atoms with Crippen LogP contribution in [0.5, 0.6) is 0 Å². The molecule has 124 valence electrons. The number of amides is 1. The lowest BCUT2D eigenvalue weighted by molar-refractivity contribution is 0.0486. The van der Waals surface area contributed by atoms with Crippen molar-refractivity contribution in [3.8, 4) is 0 Å². The van der Waals surface area contributed by atoms with Crippen molar-refractivity contribution >= 4 is 5.91 Å². The number of likely N-dealkylation sites (tertiary alicyclic amines) is 1. The van der Waals surface area contributed by atoms with Gasteiger partial charge >= 0.3 is 0 Å². The molecule has 0 aromatic carbocycles. The Labute approximate surface area is 137 Å². The smallest absolute Gasteiger partial charge is 0.276 e. The van der Waals surface area contributed by atoms with Crippen molar-refractivity contribution in [3.05, 3.63) is 47.6 Å². The molecule has 1 fully saturated rings. The van der Waals surface area contributed by atoms with Crippen LogP contribution in [0.25, 0.3) is 0 Å². The van der Waals surface area contributed by atoms with Gasteiger partial charge in [-0.1, -0.05) is 5.16 Å². The second-order valence-electron chi connectivity index (χ2n) is 5.90. The predicted octanol–water partition coefficient (Wildman–Crippen LogP) is 0.825. The summed E-state index contributed by atoms with van der Waals surface area (Å²) >= 11 is 0. The summed E-state index contributed by atoms with van der Waals surface area (Å²) in [6.07, 6.45) is 3.52. The number of rotatable bonds is 4. The number of carbonyl (C=O) groups excluding carboxylic acids is 1. The second-order valence-corrected chi connectivity index (χ2v) is 5.90. The van der Waals surface area contributed by atoms with E-state index in [1.165, 1.54) is 0 Å². The van der Waals surface area contributed by atoms with Gasteiger partial charge in [-0.2, -0.15) is 10.2 Å². The Morgan fingerprint density at radius 1 is 1.38 bits per heavy atom. The fourth-order valence-corrected chi connectivity index (χ4v) is 2.86. The van der Waals surface area contributed by atoms with Crippen LogP contribution in [-0.4, -0.2) is 53.6 Å². The summed E-state index contributed by atoms with van der Waals surface area (Å²) in [4.78, 5) is 18.5. The number of aromatic nitrogens is 6. The Morgan fingerprint density at radius 2 is 2.21 bits per heavy atom. The SMILES string of the molecule is Cc1nc(C)n(C2CN(C(=O)c3cc(Cn4cccn4)on3)C2)n1. The predicted molar refractivity (Wildman–Crippen MR) is 82.3 cm³/mol. The highest BCUT2D eigenvalue weighted by Gasteiger charge is 2.35. The highest BCUT2D eigenvalue weighted by atomic mass is 16.5. The molecule has 0 N–H and O–H groups in total. The maximum absolute atomic E-state index is 12.4. The summed E-state index contributed by atoms with van der Waals surface area (Å²) in [5.74, 6) is 2.09. The quantitative estimate of drug-likeness (QED) is 0.704. The van der Waals surface area contributed by atoms with Crippen LogP contribution in [0, 0.1) is 13.8 Å². The Hall–Kier alpha value is -2.97. The molecule has 4 rings (SSSR count). The summed E-state index contributed by atoms with van der Waals surface area (Å²) in [5.41, 5.74) is 0.321. The molecule has 1 aliphatic heterocycles. The van der Waals surface area contributed by atoms with E-state index >= 15 is 0 Å². The van der Waals surface area contributed by atoms with E-state index < -0.39 is 0 Å². The van der Waals surface area contributed by atoms with Crippen LogP contribution in [0.2, 0.25) is 0 Å². The first-order chi connectivity index (χ1) is 11.6. The molecule has 24 heavy (non-hydrogen) atoms. The van der Waals surface area contributed by atoms with Crippen LogP contribution in [0.3, 0.4) is 0 Å². The van der Waals surface area contributed by atoms with Gasteiger partial charge in [0.2, 0.25) is 0 Å². The number of aryl methyl sites for hydroxylation is 2. The van der Waals surface area contributed by atoms with E-state index in [1.807, 2.05) is 30.8 Å². The minimum absolute atomic E-state index is 0.129. The van der Waals surface area contributed by atoms with Crippen molar-refractivity contribution in [1.29, 1.82) is 0 Å². The van der Waals surface area contributed by atoms with Crippen molar-refractivity contribution in [2.45, 2.75) is 26.4 Å². The van der Waals surface area contributed by atoms with Gasteiger partial charge in [0.05, 0.1) is 6.04 Å². The molecule has 0 unspecified atom stereocenters. The first-order valence-corrected chi connectivity index (χ1v) is 7.72. The molecule has 1 amide bonds. The van der Waals surface area contributed by atoms with E-state index in [0.717, 1.165) is 11.6 Å². The van der Waals surface area contributed by atoms with Gasteiger partial charge in [0.25, 0.3) is 5.91 Å². The van der Waals surface area contributed by atoms with Gasteiger partial charge in [0.1, 0.15) is 18.2 Å². The molecule has 3 aromatic heterocycles. The highest BCUT2D eigenvalue weighted by Crippen LogP contribution is 2.23. The molecule has 0 atom stereocenters. The van der Waals surface area contributed by atoms with Crippen molar-refractivity contribution in [3.63, 3.8) is 0 Å². The number of hydrogen-bond donors (Lipinski definition) is 0. The summed E-state index contributed by atoms with van der Waals surface area (Å²) in [6, 6.07) is 3.67. The summed E-state index contributed by atoms with van der Waals surface area (Å²) in [6.45, 7) is 5.44. The van der Waals surface area contributed by atoms with Gasteiger partial charge in [-0.05, 0) is 19.9 Å². The third-order valence-corrected chi connectivity index (χ3v) is 4.06. The molecule has 0 bridgehead atoms. The molecular weight excluding hydrogens is 310 g/mol. The monoisotopic (exact) mass is 327 g/mol. The van der Waals surface area contributed by atoms with Gasteiger partial charge in [-0.15, -0.1) is 0 Å². The van der Waals surface area contributed by atoms with Crippen molar-refractivity contribution in [2.75, 3.05) is 13.1 Å². The van der Waals surface area contributed by atoms with E-state index in [-0.39, 0.29) is 11.9 Å². The first kappa shape index (κ1) is 14.6. The normalized spacial score (nSPS) is 14.8. The summed E-state index contributed by atoms with van der Waals surface area (Å²) in [5, 5.41) is 12.3. The zero-order valence-electron chi connectivity index (χ0n) is 13.5. The molecule has 4 heterocycles. The first-order valence-electron chi connectivity index (χ1n) is 7.72. The maximum atomic E-state index is 12.4. The average Bonchev–Trinajstić information content (AvgIpc) is 3.21. The third kappa shape index (κ3) is 2.57. The molecule has 1 aliphatic rings. The number of carbonyl (C=O) groups is 1. The highest BCUT2D eigenvalue weighted by molar-refractivity contribution is 5.92. The van der Waals surface area contributed by atoms with Crippen LogP contribution >= 0.6 is 0 Å². The number of nitrogens with zero attached hydrogens (tertiary/aromatic N) is 7. The summed E-state index contributed by atoms with van der Waals surface area (Å²) < 4.78 is 8.82. The molecule has 0 aliphatic carbocycles. The molecule has 0 spiro atoms. The van der Waals surface area contributed by atoms with Crippen LogP contribution in [-0.2, 0) is 6.54 Å². The van der Waals surface area contributed by atoms with Crippen molar-refractivity contribution < 1.29 is 9.32 Å². The minimum atomic E-state index is -0.129. The van der Waals surface area contributed by atoms with Crippen molar-refractivity contribution in [2.24, 2.45) is 0 Å². The molecule has 0 saturated carbocycles. The van der Waals surface area contributed by atoms with Crippen LogP contribution in [0.15, 0.2) is 29.0 Å². The van der Waals surface area contributed by atoms with E-state index in [9.17, 15) is 4.79 Å². The van der Waals surface area contributed by atoms with E-state index in [0.29, 0.717) is 31.1 Å². The van der Waals surface area contributed by atoms with Gasteiger partial charge < -0.3 is 9.42 Å². The maximum Gasteiger partial charge on any atom is 0.276 e. The lowest BCUT2D eigenvalue weighted by Crippen LogP contribution is -2.51. The minimum Gasteiger partial charge on any atom is -0.359 e. The van der Waals surface area contributed by atoms with E-state index in [2.05, 4.69) is 20.3 Å². The zero-order valence-corrected chi connectivity index (χ0v) is 13.5. The Balaban J connectivity index is 1.39. The largest absolute Gasteiger partial charge is 0.359 e. The fraction of sp³-hybridized carbons (Fsp3) is 0.400. The Bertz CT molecular complexity index is 858. The van der Waals surface area contributed by atoms with Gasteiger partial charge in [0, 0.05) is 31.5 Å². The fourth-order valence-electron chi connectivity index (χ4n) is 2.86. The van der Waals surface area contributed by atoms with Gasteiger partial charge in [0.15, 0.2) is 11.5 Å². The molecule has 9 heteroatoms. The second kappa shape index (κ2) is 5.59. The van der Waals surface area contributed by atoms with E-state index in [1.54, 1.807) is 21.8 Å². The van der Waals surface area contributed by atoms with Crippen LogP contribution in [0.4, 0.5) is 0 Å². The van der Waals surface area contributed by atoms with Crippen LogP contribution in [0.1, 0.15) is 33.9 Å². The topological polar surface area (TPSA) is 94.9 Å². The summed E-state index contributed by atoms with van der Waals surface area (Å²) in [7, 11) is 0. The molecule has 9 nitrogen and oxygen atoms in total. The average molecular weight is 327 g/mol. The third-order valence-electron chi connectivity index (χ3n) is 4.06. The van der Waals surface area contributed by atoms with Crippen LogP contribution < -0.4 is 0 Å². The molecular formula is C15H17N7O2.